The number of halogens is 1. The van der Waals surface area contributed by atoms with Crippen LogP contribution in [0.15, 0.2) is 22.7 Å². The zero-order valence-corrected chi connectivity index (χ0v) is 14.5. The Bertz CT molecular complexity index is 417. The molecule has 0 spiro atoms. The van der Waals surface area contributed by atoms with E-state index in [0.717, 1.165) is 29.9 Å². The molecule has 1 aliphatic carbocycles. The molecular weight excluding hydrogens is 330 g/mol. The third kappa shape index (κ3) is 5.97. The van der Waals surface area contributed by atoms with Crippen LogP contribution in [0, 0.1) is 0 Å². The highest BCUT2D eigenvalue weighted by Crippen LogP contribution is 2.26. The summed E-state index contributed by atoms with van der Waals surface area (Å²) in [5.74, 6) is 0.994. The van der Waals surface area contributed by atoms with Crippen LogP contribution < -0.4 is 10.1 Å². The zero-order valence-electron chi connectivity index (χ0n) is 12.9. The molecule has 3 nitrogen and oxygen atoms in total. The molecule has 0 amide bonds. The minimum Gasteiger partial charge on any atom is -0.490 e. The van der Waals surface area contributed by atoms with Gasteiger partial charge in [-0.25, -0.2) is 0 Å². The largest absolute Gasteiger partial charge is 0.490 e. The second-order valence-corrected chi connectivity index (χ2v) is 6.51. The summed E-state index contributed by atoms with van der Waals surface area (Å²) < 4.78 is 12.4. The van der Waals surface area contributed by atoms with Crippen LogP contribution in [0.25, 0.3) is 0 Å². The maximum absolute atomic E-state index is 6.19. The fourth-order valence-corrected chi connectivity index (χ4v) is 3.10. The first-order chi connectivity index (χ1) is 10.3. The SMILES string of the molecule is COCCNCc1cc(OC2CCCCCC2)ccc1Br. The predicted octanol–water partition coefficient (Wildman–Crippen LogP) is 4.29. The van der Waals surface area contributed by atoms with Gasteiger partial charge in [0.1, 0.15) is 5.75 Å². The first-order valence-corrected chi connectivity index (χ1v) is 8.73. The lowest BCUT2D eigenvalue weighted by Gasteiger charge is -2.18. The summed E-state index contributed by atoms with van der Waals surface area (Å²) >= 11 is 3.61. The van der Waals surface area contributed by atoms with Crippen molar-refractivity contribution in [3.63, 3.8) is 0 Å². The second kappa shape index (κ2) is 9.44. The van der Waals surface area contributed by atoms with Gasteiger partial charge in [-0.3, -0.25) is 0 Å². The summed E-state index contributed by atoms with van der Waals surface area (Å²) in [6.07, 6.45) is 8.08. The van der Waals surface area contributed by atoms with Gasteiger partial charge in [-0.05, 0) is 49.4 Å². The van der Waals surface area contributed by atoms with E-state index in [9.17, 15) is 0 Å². The Kier molecular flexibility index (Phi) is 7.54. The lowest BCUT2D eigenvalue weighted by atomic mass is 10.1. The topological polar surface area (TPSA) is 30.5 Å². The second-order valence-electron chi connectivity index (χ2n) is 5.65. The van der Waals surface area contributed by atoms with E-state index in [1.54, 1.807) is 7.11 Å². The van der Waals surface area contributed by atoms with E-state index in [2.05, 4.69) is 39.4 Å². The summed E-state index contributed by atoms with van der Waals surface area (Å²) in [5.41, 5.74) is 1.23. The van der Waals surface area contributed by atoms with Crippen LogP contribution in [0.2, 0.25) is 0 Å². The van der Waals surface area contributed by atoms with Gasteiger partial charge in [0.2, 0.25) is 0 Å². The van der Waals surface area contributed by atoms with Crippen molar-refractivity contribution in [1.82, 2.24) is 5.32 Å². The molecule has 0 unspecified atom stereocenters. The first-order valence-electron chi connectivity index (χ1n) is 7.94. The quantitative estimate of drug-likeness (QED) is 0.584. The standard InChI is InChI=1S/C17H26BrNO2/c1-20-11-10-19-13-14-12-16(8-9-17(14)18)21-15-6-4-2-3-5-7-15/h8-9,12,15,19H,2-7,10-11,13H2,1H3. The Hall–Kier alpha value is -0.580. The molecule has 0 bridgehead atoms. The van der Waals surface area contributed by atoms with E-state index in [-0.39, 0.29) is 0 Å². The van der Waals surface area contributed by atoms with Gasteiger partial charge in [-0.1, -0.05) is 28.8 Å². The Balaban J connectivity index is 1.90. The number of ether oxygens (including phenoxy) is 2. The van der Waals surface area contributed by atoms with Crippen LogP contribution in [0.1, 0.15) is 44.1 Å². The molecule has 0 aromatic heterocycles. The van der Waals surface area contributed by atoms with Crippen molar-refractivity contribution >= 4 is 15.9 Å². The summed E-state index contributed by atoms with van der Waals surface area (Å²) in [7, 11) is 1.72. The first kappa shape index (κ1) is 16.8. The van der Waals surface area contributed by atoms with Gasteiger partial charge >= 0.3 is 0 Å². The molecular formula is C17H26BrNO2. The number of hydrogen-bond donors (Lipinski definition) is 1. The third-order valence-electron chi connectivity index (χ3n) is 3.92. The third-order valence-corrected chi connectivity index (χ3v) is 4.69. The molecule has 1 fully saturated rings. The molecule has 21 heavy (non-hydrogen) atoms. The highest BCUT2D eigenvalue weighted by Gasteiger charge is 2.14. The van der Waals surface area contributed by atoms with Crippen molar-refractivity contribution in [2.45, 2.75) is 51.2 Å². The molecule has 0 atom stereocenters. The minimum absolute atomic E-state index is 0.392. The van der Waals surface area contributed by atoms with Crippen LogP contribution in [-0.4, -0.2) is 26.4 Å². The van der Waals surface area contributed by atoms with Crippen molar-refractivity contribution in [3.05, 3.63) is 28.2 Å². The number of methoxy groups -OCH3 is 1. The zero-order chi connectivity index (χ0) is 14.9. The average Bonchev–Trinajstić information content (AvgIpc) is 2.75. The maximum atomic E-state index is 6.19. The van der Waals surface area contributed by atoms with Crippen molar-refractivity contribution in [3.8, 4) is 5.75 Å². The average molecular weight is 356 g/mol. The molecule has 2 rings (SSSR count). The van der Waals surface area contributed by atoms with Gasteiger partial charge in [0.15, 0.2) is 0 Å². The predicted molar refractivity (Wildman–Crippen MR) is 89.8 cm³/mol. The van der Waals surface area contributed by atoms with Crippen LogP contribution in [0.3, 0.4) is 0 Å². The van der Waals surface area contributed by atoms with Gasteiger partial charge in [-0.15, -0.1) is 0 Å². The fourth-order valence-electron chi connectivity index (χ4n) is 2.71. The van der Waals surface area contributed by atoms with Gasteiger partial charge in [0, 0.05) is 24.7 Å². The Morgan fingerprint density at radius 2 is 1.95 bits per heavy atom. The summed E-state index contributed by atoms with van der Waals surface area (Å²) in [6.45, 7) is 2.42. The smallest absolute Gasteiger partial charge is 0.120 e. The molecule has 0 radical (unpaired) electrons. The monoisotopic (exact) mass is 355 g/mol. The lowest BCUT2D eigenvalue weighted by Crippen LogP contribution is -2.19. The van der Waals surface area contributed by atoms with Crippen molar-refractivity contribution < 1.29 is 9.47 Å². The Labute approximate surface area is 136 Å². The molecule has 118 valence electrons. The van der Waals surface area contributed by atoms with Crippen molar-refractivity contribution in [2.24, 2.45) is 0 Å². The summed E-state index contributed by atoms with van der Waals surface area (Å²) in [4.78, 5) is 0. The van der Waals surface area contributed by atoms with Gasteiger partial charge < -0.3 is 14.8 Å². The van der Waals surface area contributed by atoms with E-state index in [0.29, 0.717) is 6.10 Å². The number of rotatable bonds is 7. The molecule has 0 heterocycles. The lowest BCUT2D eigenvalue weighted by molar-refractivity contribution is 0.183. The van der Waals surface area contributed by atoms with Crippen LogP contribution in [0.4, 0.5) is 0 Å². The molecule has 1 aromatic rings. The molecule has 1 N–H and O–H groups in total. The van der Waals surface area contributed by atoms with Gasteiger partial charge in [0.25, 0.3) is 0 Å². The van der Waals surface area contributed by atoms with E-state index in [4.69, 9.17) is 9.47 Å². The van der Waals surface area contributed by atoms with Crippen molar-refractivity contribution in [2.75, 3.05) is 20.3 Å². The minimum atomic E-state index is 0.392. The molecule has 0 aliphatic heterocycles. The van der Waals surface area contributed by atoms with Crippen LogP contribution >= 0.6 is 15.9 Å². The highest BCUT2D eigenvalue weighted by molar-refractivity contribution is 9.10. The Morgan fingerprint density at radius 3 is 2.67 bits per heavy atom. The van der Waals surface area contributed by atoms with Gasteiger partial charge in [-0.2, -0.15) is 0 Å². The Morgan fingerprint density at radius 1 is 1.19 bits per heavy atom. The van der Waals surface area contributed by atoms with Gasteiger partial charge in [0.05, 0.1) is 12.7 Å². The number of benzene rings is 1. The molecule has 1 saturated carbocycles. The molecule has 1 aliphatic rings. The molecule has 4 heteroatoms. The van der Waals surface area contributed by atoms with E-state index in [1.807, 2.05) is 0 Å². The number of nitrogens with one attached hydrogen (secondary N) is 1. The molecule has 1 aromatic carbocycles. The maximum Gasteiger partial charge on any atom is 0.120 e. The van der Waals surface area contributed by atoms with Crippen LogP contribution in [-0.2, 0) is 11.3 Å². The summed E-state index contributed by atoms with van der Waals surface area (Å²) in [5, 5.41) is 3.37. The molecule has 0 saturated heterocycles. The van der Waals surface area contributed by atoms with Crippen molar-refractivity contribution in [1.29, 1.82) is 0 Å². The van der Waals surface area contributed by atoms with E-state index >= 15 is 0 Å². The number of hydrogen-bond acceptors (Lipinski definition) is 3. The van der Waals surface area contributed by atoms with E-state index < -0.39 is 0 Å². The van der Waals surface area contributed by atoms with E-state index in [1.165, 1.54) is 44.1 Å². The normalized spacial score (nSPS) is 16.7. The van der Waals surface area contributed by atoms with Crippen LogP contribution in [0.5, 0.6) is 5.75 Å². The highest BCUT2D eigenvalue weighted by atomic mass is 79.9. The summed E-state index contributed by atoms with van der Waals surface area (Å²) in [6, 6.07) is 6.29. The fraction of sp³-hybridized carbons (Fsp3) is 0.647.